The van der Waals surface area contributed by atoms with Crippen LogP contribution in [0.5, 0.6) is 0 Å². The van der Waals surface area contributed by atoms with Crippen LogP contribution in [0.4, 0.5) is 0 Å². The van der Waals surface area contributed by atoms with Gasteiger partial charge in [-0.15, -0.1) is 0 Å². The summed E-state index contributed by atoms with van der Waals surface area (Å²) in [5, 5.41) is 0. The Kier molecular flexibility index (Phi) is 2.20. The molecule has 3 rings (SSSR count). The standard InChI is InChI=1S/C14H18O2/c1-8-3-5-10-7-12(15)16-14(10)13-9(2)4-6-11(8)13/h10-11,13-14H,1-7H2/t10-,11-,13-,14-/m0/s1. The van der Waals surface area contributed by atoms with Crippen LogP contribution in [-0.4, -0.2) is 12.1 Å². The van der Waals surface area contributed by atoms with E-state index in [1.54, 1.807) is 0 Å². The van der Waals surface area contributed by atoms with Gasteiger partial charge in [-0.05, 0) is 31.6 Å². The monoisotopic (exact) mass is 218 g/mol. The minimum atomic E-state index is -0.0130. The van der Waals surface area contributed by atoms with Gasteiger partial charge >= 0.3 is 5.97 Å². The molecule has 1 aliphatic heterocycles. The number of allylic oxidation sites excluding steroid dienone is 1. The highest BCUT2D eigenvalue weighted by Crippen LogP contribution is 2.50. The van der Waals surface area contributed by atoms with Crippen molar-refractivity contribution in [2.75, 3.05) is 0 Å². The van der Waals surface area contributed by atoms with Crippen molar-refractivity contribution in [3.8, 4) is 0 Å². The molecule has 0 amide bonds. The molecule has 0 unspecified atom stereocenters. The lowest BCUT2D eigenvalue weighted by molar-refractivity contribution is -0.143. The van der Waals surface area contributed by atoms with Gasteiger partial charge in [-0.2, -0.15) is 0 Å². The van der Waals surface area contributed by atoms with Gasteiger partial charge < -0.3 is 4.74 Å². The Bertz CT molecular complexity index is 369. The van der Waals surface area contributed by atoms with Crippen molar-refractivity contribution >= 4 is 5.97 Å². The van der Waals surface area contributed by atoms with Crippen molar-refractivity contribution in [2.45, 2.75) is 38.2 Å². The van der Waals surface area contributed by atoms with Crippen molar-refractivity contribution in [3.05, 3.63) is 24.3 Å². The summed E-state index contributed by atoms with van der Waals surface area (Å²) in [5.41, 5.74) is 2.63. The van der Waals surface area contributed by atoms with Gasteiger partial charge in [0.1, 0.15) is 6.10 Å². The Morgan fingerprint density at radius 1 is 1.12 bits per heavy atom. The number of carbonyl (C=O) groups is 1. The third kappa shape index (κ3) is 1.35. The molecular weight excluding hydrogens is 200 g/mol. The van der Waals surface area contributed by atoms with Gasteiger partial charge in [0.2, 0.25) is 0 Å². The third-order valence-electron chi connectivity index (χ3n) is 4.56. The van der Waals surface area contributed by atoms with Gasteiger partial charge in [-0.3, -0.25) is 4.79 Å². The van der Waals surface area contributed by atoms with Gasteiger partial charge in [0.15, 0.2) is 0 Å². The van der Waals surface area contributed by atoms with Crippen LogP contribution in [0.15, 0.2) is 24.3 Å². The number of rotatable bonds is 0. The van der Waals surface area contributed by atoms with E-state index in [9.17, 15) is 4.79 Å². The van der Waals surface area contributed by atoms with E-state index in [0.29, 0.717) is 24.2 Å². The Balaban J connectivity index is 1.95. The SMILES string of the molecule is C=C1CC[C@H]2C(=C)CC[C@H]3CC(=O)O[C@@H]3[C@@H]12. The zero-order chi connectivity index (χ0) is 11.3. The Morgan fingerprint density at radius 2 is 1.88 bits per heavy atom. The van der Waals surface area contributed by atoms with E-state index in [4.69, 9.17) is 4.74 Å². The second kappa shape index (κ2) is 3.47. The average Bonchev–Trinajstić information content (AvgIpc) is 2.75. The Hall–Kier alpha value is -1.05. The molecular formula is C14H18O2. The van der Waals surface area contributed by atoms with Gasteiger partial charge in [-0.1, -0.05) is 24.3 Å². The molecule has 3 fully saturated rings. The van der Waals surface area contributed by atoms with Crippen LogP contribution in [0.25, 0.3) is 0 Å². The van der Waals surface area contributed by atoms with E-state index in [1.165, 1.54) is 11.1 Å². The smallest absolute Gasteiger partial charge is 0.306 e. The molecule has 86 valence electrons. The average molecular weight is 218 g/mol. The molecule has 0 bridgehead atoms. The fourth-order valence-corrected chi connectivity index (χ4v) is 3.71. The van der Waals surface area contributed by atoms with E-state index < -0.39 is 0 Å². The molecule has 2 heteroatoms. The fraction of sp³-hybridized carbons (Fsp3) is 0.643. The lowest BCUT2D eigenvalue weighted by Crippen LogP contribution is -2.28. The maximum atomic E-state index is 11.4. The second-order valence-electron chi connectivity index (χ2n) is 5.44. The topological polar surface area (TPSA) is 26.3 Å². The van der Waals surface area contributed by atoms with E-state index in [2.05, 4.69) is 13.2 Å². The summed E-state index contributed by atoms with van der Waals surface area (Å²) in [7, 11) is 0. The molecule has 2 saturated carbocycles. The minimum Gasteiger partial charge on any atom is -0.461 e. The molecule has 4 atom stereocenters. The first-order chi connectivity index (χ1) is 7.66. The fourth-order valence-electron chi connectivity index (χ4n) is 3.71. The Labute approximate surface area is 96.4 Å². The predicted octanol–water partition coefficient (Wildman–Crippen LogP) is 2.85. The molecule has 3 aliphatic rings. The summed E-state index contributed by atoms with van der Waals surface area (Å²) < 4.78 is 5.54. The Morgan fingerprint density at radius 3 is 2.69 bits per heavy atom. The number of fused-ring (bicyclic) bond motifs is 3. The lowest BCUT2D eigenvalue weighted by Gasteiger charge is -2.26. The molecule has 0 aromatic rings. The molecule has 2 nitrogen and oxygen atoms in total. The van der Waals surface area contributed by atoms with Gasteiger partial charge in [-0.25, -0.2) is 0 Å². The zero-order valence-corrected chi connectivity index (χ0v) is 9.58. The second-order valence-corrected chi connectivity index (χ2v) is 5.44. The van der Waals surface area contributed by atoms with Gasteiger partial charge in [0, 0.05) is 11.8 Å². The molecule has 1 saturated heterocycles. The van der Waals surface area contributed by atoms with Crippen LogP contribution < -0.4 is 0 Å². The number of ether oxygens (including phenoxy) is 1. The first kappa shape index (κ1) is 10.1. The van der Waals surface area contributed by atoms with Crippen LogP contribution in [-0.2, 0) is 9.53 Å². The van der Waals surface area contributed by atoms with Crippen LogP contribution >= 0.6 is 0 Å². The van der Waals surface area contributed by atoms with Crippen LogP contribution in [0, 0.1) is 17.8 Å². The molecule has 0 aromatic heterocycles. The zero-order valence-electron chi connectivity index (χ0n) is 9.58. The summed E-state index contributed by atoms with van der Waals surface area (Å²) in [6, 6.07) is 0. The van der Waals surface area contributed by atoms with Crippen molar-refractivity contribution in [3.63, 3.8) is 0 Å². The third-order valence-corrected chi connectivity index (χ3v) is 4.56. The van der Waals surface area contributed by atoms with E-state index in [-0.39, 0.29) is 12.1 Å². The van der Waals surface area contributed by atoms with E-state index in [0.717, 1.165) is 25.7 Å². The molecule has 2 aliphatic carbocycles. The van der Waals surface area contributed by atoms with Crippen molar-refractivity contribution < 1.29 is 9.53 Å². The maximum absolute atomic E-state index is 11.4. The molecule has 0 radical (unpaired) electrons. The summed E-state index contributed by atoms with van der Waals surface area (Å²) >= 11 is 0. The minimum absolute atomic E-state index is 0.0130. The number of hydrogen-bond acceptors (Lipinski definition) is 2. The van der Waals surface area contributed by atoms with E-state index >= 15 is 0 Å². The highest BCUT2D eigenvalue weighted by atomic mass is 16.6. The molecule has 0 aromatic carbocycles. The predicted molar refractivity (Wildman–Crippen MR) is 61.7 cm³/mol. The number of esters is 1. The number of carbonyl (C=O) groups excluding carboxylic acids is 1. The first-order valence-corrected chi connectivity index (χ1v) is 6.21. The van der Waals surface area contributed by atoms with Gasteiger partial charge in [0.05, 0.1) is 6.42 Å². The number of hydrogen-bond donors (Lipinski definition) is 0. The largest absolute Gasteiger partial charge is 0.461 e. The maximum Gasteiger partial charge on any atom is 0.306 e. The van der Waals surface area contributed by atoms with E-state index in [1.807, 2.05) is 0 Å². The molecule has 16 heavy (non-hydrogen) atoms. The molecule has 1 heterocycles. The summed E-state index contributed by atoms with van der Waals surface area (Å²) in [5.74, 6) is 1.29. The molecule has 0 spiro atoms. The van der Waals surface area contributed by atoms with Gasteiger partial charge in [0.25, 0.3) is 0 Å². The van der Waals surface area contributed by atoms with Crippen LogP contribution in [0.2, 0.25) is 0 Å². The van der Waals surface area contributed by atoms with Crippen LogP contribution in [0.1, 0.15) is 32.1 Å². The highest BCUT2D eigenvalue weighted by Gasteiger charge is 2.48. The normalized spacial score (nSPS) is 42.6. The quantitative estimate of drug-likeness (QED) is 0.461. The lowest BCUT2D eigenvalue weighted by atomic mass is 9.83. The van der Waals surface area contributed by atoms with Crippen molar-refractivity contribution in [1.82, 2.24) is 0 Å². The first-order valence-electron chi connectivity index (χ1n) is 6.21. The van der Waals surface area contributed by atoms with Crippen molar-refractivity contribution in [2.24, 2.45) is 17.8 Å². The van der Waals surface area contributed by atoms with Crippen molar-refractivity contribution in [1.29, 1.82) is 0 Å². The van der Waals surface area contributed by atoms with Crippen LogP contribution in [0.3, 0.4) is 0 Å². The highest BCUT2D eigenvalue weighted by molar-refractivity contribution is 5.72. The summed E-state index contributed by atoms with van der Waals surface area (Å²) in [4.78, 5) is 11.4. The molecule has 0 N–H and O–H groups in total. The summed E-state index contributed by atoms with van der Waals surface area (Å²) in [6.45, 7) is 8.38. The summed E-state index contributed by atoms with van der Waals surface area (Å²) in [6.07, 6.45) is 5.07.